The summed E-state index contributed by atoms with van der Waals surface area (Å²) >= 11 is 3.42. The van der Waals surface area contributed by atoms with Crippen molar-refractivity contribution in [3.63, 3.8) is 0 Å². The molecule has 4 nitrogen and oxygen atoms in total. The van der Waals surface area contributed by atoms with Crippen molar-refractivity contribution in [1.82, 2.24) is 9.97 Å². The van der Waals surface area contributed by atoms with Gasteiger partial charge in [0.15, 0.2) is 11.7 Å². The Bertz CT molecular complexity index is 656. The van der Waals surface area contributed by atoms with E-state index in [9.17, 15) is 0 Å². The molecule has 0 saturated carbocycles. The molecule has 3 N–H and O–H groups in total. The Labute approximate surface area is 99.6 Å². The van der Waals surface area contributed by atoms with Gasteiger partial charge in [-0.1, -0.05) is 15.9 Å². The lowest BCUT2D eigenvalue weighted by molar-refractivity contribution is 0.629. The summed E-state index contributed by atoms with van der Waals surface area (Å²) < 4.78 is 6.70. The van der Waals surface area contributed by atoms with Crippen molar-refractivity contribution >= 4 is 32.8 Å². The van der Waals surface area contributed by atoms with E-state index >= 15 is 0 Å². The number of nitrogens with two attached hydrogens (primary N) is 1. The molecule has 0 fully saturated rings. The number of nitrogen functional groups attached to an aromatic ring is 1. The Morgan fingerprint density at radius 1 is 1.31 bits per heavy atom. The van der Waals surface area contributed by atoms with Gasteiger partial charge in [-0.05, 0) is 24.3 Å². The Morgan fingerprint density at radius 2 is 2.19 bits per heavy atom. The number of imidazole rings is 1. The van der Waals surface area contributed by atoms with Crippen LogP contribution in [0.15, 0.2) is 39.4 Å². The van der Waals surface area contributed by atoms with Gasteiger partial charge in [0, 0.05) is 9.86 Å². The molecule has 0 aliphatic heterocycles. The average Bonchev–Trinajstić information content (AvgIpc) is 2.83. The highest BCUT2D eigenvalue weighted by Crippen LogP contribution is 2.28. The first-order chi connectivity index (χ1) is 7.72. The van der Waals surface area contributed by atoms with Crippen LogP contribution in [-0.2, 0) is 0 Å². The molecule has 0 saturated heterocycles. The van der Waals surface area contributed by atoms with Gasteiger partial charge >= 0.3 is 0 Å². The highest BCUT2D eigenvalue weighted by Gasteiger charge is 2.08. The fourth-order valence-corrected chi connectivity index (χ4v) is 1.99. The second kappa shape index (κ2) is 3.38. The van der Waals surface area contributed by atoms with Gasteiger partial charge in [-0.15, -0.1) is 0 Å². The number of hydrogen-bond donors (Lipinski definition) is 2. The number of rotatable bonds is 1. The Kier molecular flexibility index (Phi) is 2.00. The summed E-state index contributed by atoms with van der Waals surface area (Å²) in [5, 5.41) is 1.04. The van der Waals surface area contributed by atoms with Crippen molar-refractivity contribution in [2.24, 2.45) is 0 Å². The lowest BCUT2D eigenvalue weighted by Crippen LogP contribution is -1.84. The number of fused-ring (bicyclic) bond motifs is 1. The van der Waals surface area contributed by atoms with Gasteiger partial charge in [-0.3, -0.25) is 0 Å². The first-order valence-corrected chi connectivity index (χ1v) is 5.51. The molecule has 0 unspecified atom stereocenters. The molecule has 0 radical (unpaired) electrons. The fourth-order valence-electron chi connectivity index (χ4n) is 1.61. The van der Waals surface area contributed by atoms with E-state index in [0.717, 1.165) is 26.9 Å². The van der Waals surface area contributed by atoms with Gasteiger partial charge in [0.1, 0.15) is 11.3 Å². The van der Waals surface area contributed by atoms with E-state index in [-0.39, 0.29) is 0 Å². The number of furan rings is 1. The molecule has 2 aromatic heterocycles. The molecule has 0 spiro atoms. The minimum absolute atomic E-state index is 0.386. The first kappa shape index (κ1) is 9.47. The minimum atomic E-state index is 0.386. The minimum Gasteiger partial charge on any atom is -0.454 e. The maximum Gasteiger partial charge on any atom is 0.197 e. The maximum atomic E-state index is 5.67. The number of nitrogens with zero attached hydrogens (tertiary/aromatic N) is 1. The molecule has 0 aliphatic carbocycles. The summed E-state index contributed by atoms with van der Waals surface area (Å²) in [6, 6.07) is 7.81. The third kappa shape index (κ3) is 1.49. The van der Waals surface area contributed by atoms with Crippen molar-refractivity contribution < 1.29 is 4.42 Å². The zero-order chi connectivity index (χ0) is 11.1. The van der Waals surface area contributed by atoms with Gasteiger partial charge in [-0.2, -0.15) is 0 Å². The third-order valence-electron chi connectivity index (χ3n) is 2.34. The maximum absolute atomic E-state index is 5.67. The number of H-pyrrole nitrogens is 1. The van der Waals surface area contributed by atoms with E-state index < -0.39 is 0 Å². The van der Waals surface area contributed by atoms with Gasteiger partial charge < -0.3 is 15.1 Å². The first-order valence-electron chi connectivity index (χ1n) is 4.72. The van der Waals surface area contributed by atoms with E-state index in [1.807, 2.05) is 24.3 Å². The molecule has 0 bridgehead atoms. The second-order valence-electron chi connectivity index (χ2n) is 3.47. The molecule has 3 aromatic rings. The number of hydrogen-bond acceptors (Lipinski definition) is 3. The molecule has 0 amide bonds. The van der Waals surface area contributed by atoms with Gasteiger partial charge in [0.25, 0.3) is 0 Å². The van der Waals surface area contributed by atoms with Crippen molar-refractivity contribution in [1.29, 1.82) is 0 Å². The van der Waals surface area contributed by atoms with Gasteiger partial charge in [0.05, 0.1) is 6.20 Å². The standard InChI is InChI=1S/C11H8BrN3O/c12-7-1-2-9-6(3-7)4-10(16-9)8-5-14-11(13)15-8/h1-5H,(H3,13,14,15). The van der Waals surface area contributed by atoms with Crippen molar-refractivity contribution in [2.45, 2.75) is 0 Å². The lowest BCUT2D eigenvalue weighted by atomic mass is 10.2. The van der Waals surface area contributed by atoms with Crippen LogP contribution in [0.3, 0.4) is 0 Å². The third-order valence-corrected chi connectivity index (χ3v) is 2.83. The van der Waals surface area contributed by atoms with Gasteiger partial charge in [-0.25, -0.2) is 4.98 Å². The van der Waals surface area contributed by atoms with Gasteiger partial charge in [0.2, 0.25) is 0 Å². The summed E-state index contributed by atoms with van der Waals surface area (Å²) in [5.41, 5.74) is 7.14. The quantitative estimate of drug-likeness (QED) is 0.718. The Hall–Kier alpha value is -1.75. The Morgan fingerprint density at radius 3 is 2.94 bits per heavy atom. The van der Waals surface area contributed by atoms with Crippen LogP contribution in [0.25, 0.3) is 22.4 Å². The predicted octanol–water partition coefficient (Wildman–Crippen LogP) is 3.17. The molecule has 80 valence electrons. The predicted molar refractivity (Wildman–Crippen MR) is 65.9 cm³/mol. The monoisotopic (exact) mass is 277 g/mol. The summed E-state index contributed by atoms with van der Waals surface area (Å²) in [7, 11) is 0. The van der Waals surface area contributed by atoms with E-state index in [4.69, 9.17) is 10.2 Å². The molecule has 0 atom stereocenters. The van der Waals surface area contributed by atoms with E-state index in [1.54, 1.807) is 6.20 Å². The molecular weight excluding hydrogens is 270 g/mol. The smallest absolute Gasteiger partial charge is 0.197 e. The fraction of sp³-hybridized carbons (Fsp3) is 0. The molecule has 1 aromatic carbocycles. The van der Waals surface area contributed by atoms with E-state index in [1.165, 1.54) is 0 Å². The molecule has 16 heavy (non-hydrogen) atoms. The largest absolute Gasteiger partial charge is 0.454 e. The van der Waals surface area contributed by atoms with Crippen molar-refractivity contribution in [3.05, 3.63) is 34.9 Å². The van der Waals surface area contributed by atoms with Crippen LogP contribution in [0, 0.1) is 0 Å². The van der Waals surface area contributed by atoms with Crippen molar-refractivity contribution in [2.75, 3.05) is 5.73 Å². The van der Waals surface area contributed by atoms with Crippen LogP contribution in [0.4, 0.5) is 5.95 Å². The van der Waals surface area contributed by atoms with E-state index in [0.29, 0.717) is 5.95 Å². The summed E-state index contributed by atoms with van der Waals surface area (Å²) in [5.74, 6) is 1.12. The molecule has 2 heterocycles. The number of nitrogens with one attached hydrogen (secondary N) is 1. The molecule has 0 aliphatic rings. The molecule has 3 rings (SSSR count). The lowest BCUT2D eigenvalue weighted by Gasteiger charge is -1.88. The zero-order valence-electron chi connectivity index (χ0n) is 8.20. The van der Waals surface area contributed by atoms with Crippen LogP contribution in [0.5, 0.6) is 0 Å². The Balaban J connectivity index is 2.18. The molecule has 5 heteroatoms. The number of benzene rings is 1. The number of aromatic amines is 1. The second-order valence-corrected chi connectivity index (χ2v) is 4.39. The van der Waals surface area contributed by atoms with Crippen LogP contribution >= 0.6 is 15.9 Å². The highest BCUT2D eigenvalue weighted by molar-refractivity contribution is 9.10. The zero-order valence-corrected chi connectivity index (χ0v) is 9.78. The summed E-state index contributed by atoms with van der Waals surface area (Å²) in [6.07, 6.45) is 1.65. The van der Waals surface area contributed by atoms with E-state index in [2.05, 4.69) is 25.9 Å². The summed E-state index contributed by atoms with van der Waals surface area (Å²) in [4.78, 5) is 6.86. The van der Waals surface area contributed by atoms with Crippen LogP contribution < -0.4 is 5.73 Å². The number of aromatic nitrogens is 2. The molecular formula is C11H8BrN3O. The van der Waals surface area contributed by atoms with Crippen LogP contribution in [0.1, 0.15) is 0 Å². The highest BCUT2D eigenvalue weighted by atomic mass is 79.9. The summed E-state index contributed by atoms with van der Waals surface area (Å²) in [6.45, 7) is 0. The number of anilines is 1. The van der Waals surface area contributed by atoms with Crippen LogP contribution in [-0.4, -0.2) is 9.97 Å². The van der Waals surface area contributed by atoms with Crippen LogP contribution in [0.2, 0.25) is 0 Å². The van der Waals surface area contributed by atoms with Crippen molar-refractivity contribution in [3.8, 4) is 11.5 Å². The number of halogens is 1. The topological polar surface area (TPSA) is 67.8 Å². The normalized spacial score (nSPS) is 11.1. The average molecular weight is 278 g/mol. The SMILES string of the molecule is Nc1ncc(-c2cc3cc(Br)ccc3o2)[nH]1.